The van der Waals surface area contributed by atoms with Crippen molar-refractivity contribution in [2.75, 3.05) is 57.7 Å². The van der Waals surface area contributed by atoms with Crippen LogP contribution in [0.15, 0.2) is 46.9 Å². The summed E-state index contributed by atoms with van der Waals surface area (Å²) in [5.74, 6) is -0.0178. The fraction of sp³-hybridized carbons (Fsp3) is 0.545. The minimum absolute atomic E-state index is 0.0178. The highest BCUT2D eigenvalue weighted by atomic mass is 79.9. The molecule has 11 heteroatoms. The van der Waals surface area contributed by atoms with Gasteiger partial charge < -0.3 is 25.3 Å². The maximum Gasteiger partial charge on any atom is 0.322 e. The highest BCUT2D eigenvalue weighted by molar-refractivity contribution is 9.10. The molecule has 1 unspecified atom stereocenters. The number of carbonyl (C=O) groups is 3. The molecule has 6 rings (SSSR count). The molecule has 1 radical (unpaired) electrons. The van der Waals surface area contributed by atoms with E-state index in [9.17, 15) is 14.4 Å². The van der Waals surface area contributed by atoms with Crippen molar-refractivity contribution in [3.63, 3.8) is 0 Å². The standard InChI is InChI=1S/C33H43BrN7O3/c1-23-20-24(6-7-28(23)34)21-30(31(42)39-18-16-38(17-19-39)26-8-12-35-13-9-26)37-32(43)40-14-10-27(11-15-40)41-22-25-4-2-3-5-29(25)36-33(41)44/h2-7,20,26-27,30H,8-19,21-22H2,1H3,(H,36,44)(H,37,43). The second kappa shape index (κ2) is 13.9. The number of carbonyl (C=O) groups excluding carboxylic acids is 3. The van der Waals surface area contributed by atoms with Gasteiger partial charge in [-0.05, 0) is 61.4 Å². The Hall–Kier alpha value is -3.15. The van der Waals surface area contributed by atoms with Crippen LogP contribution >= 0.6 is 15.9 Å². The number of nitrogens with zero attached hydrogens (tertiary/aromatic N) is 5. The highest BCUT2D eigenvalue weighted by Gasteiger charge is 2.35. The van der Waals surface area contributed by atoms with Gasteiger partial charge in [0.2, 0.25) is 5.91 Å². The summed E-state index contributed by atoms with van der Waals surface area (Å²) >= 11 is 3.57. The average molecular weight is 666 g/mol. The topological polar surface area (TPSA) is 102 Å². The Morgan fingerprint density at radius 2 is 1.68 bits per heavy atom. The molecule has 0 saturated carbocycles. The van der Waals surface area contributed by atoms with Crippen molar-refractivity contribution < 1.29 is 14.4 Å². The molecule has 235 valence electrons. The van der Waals surface area contributed by atoms with Crippen molar-refractivity contribution in [2.24, 2.45) is 0 Å². The van der Waals surface area contributed by atoms with E-state index in [0.29, 0.717) is 58.0 Å². The number of halogens is 1. The highest BCUT2D eigenvalue weighted by Crippen LogP contribution is 2.28. The van der Waals surface area contributed by atoms with Crippen molar-refractivity contribution >= 4 is 39.6 Å². The third-order valence-corrected chi connectivity index (χ3v) is 10.6. The van der Waals surface area contributed by atoms with Crippen LogP contribution in [0.4, 0.5) is 15.3 Å². The van der Waals surface area contributed by atoms with Crippen LogP contribution in [-0.4, -0.2) is 108 Å². The van der Waals surface area contributed by atoms with E-state index in [2.05, 4.69) is 42.8 Å². The lowest BCUT2D eigenvalue weighted by Crippen LogP contribution is -2.59. The quantitative estimate of drug-likeness (QED) is 0.491. The van der Waals surface area contributed by atoms with E-state index in [1.807, 2.05) is 53.1 Å². The summed E-state index contributed by atoms with van der Waals surface area (Å²) in [6.45, 7) is 8.60. The van der Waals surface area contributed by atoms with Crippen molar-refractivity contribution in [1.82, 2.24) is 30.2 Å². The number of hydrogen-bond donors (Lipinski definition) is 2. The van der Waals surface area contributed by atoms with Crippen LogP contribution in [0.1, 0.15) is 42.4 Å². The van der Waals surface area contributed by atoms with E-state index in [1.165, 1.54) is 0 Å². The van der Waals surface area contributed by atoms with E-state index in [0.717, 1.165) is 65.9 Å². The summed E-state index contributed by atoms with van der Waals surface area (Å²) in [5.41, 5.74) is 4.09. The van der Waals surface area contributed by atoms with Gasteiger partial charge in [0, 0.05) is 87.6 Å². The summed E-state index contributed by atoms with van der Waals surface area (Å²) in [4.78, 5) is 48.5. The number of rotatable bonds is 6. The number of likely N-dealkylation sites (tertiary alicyclic amines) is 1. The van der Waals surface area contributed by atoms with Crippen LogP contribution < -0.4 is 16.0 Å². The number of fused-ring (bicyclic) bond motifs is 1. The molecule has 0 aromatic heterocycles. The van der Waals surface area contributed by atoms with Crippen LogP contribution in [0.2, 0.25) is 0 Å². The predicted molar refractivity (Wildman–Crippen MR) is 174 cm³/mol. The number of piperazine rings is 1. The van der Waals surface area contributed by atoms with Gasteiger partial charge in [-0.1, -0.05) is 46.3 Å². The fourth-order valence-corrected chi connectivity index (χ4v) is 7.28. The smallest absolute Gasteiger partial charge is 0.322 e. The second-order valence-electron chi connectivity index (χ2n) is 12.5. The molecular formula is C33H43BrN7O3. The largest absolute Gasteiger partial charge is 0.338 e. The molecule has 4 aliphatic rings. The third-order valence-electron chi connectivity index (χ3n) is 9.69. The van der Waals surface area contributed by atoms with Crippen LogP contribution in [0.3, 0.4) is 0 Å². The van der Waals surface area contributed by atoms with Gasteiger partial charge in [0.1, 0.15) is 6.04 Å². The summed E-state index contributed by atoms with van der Waals surface area (Å²) < 4.78 is 1.02. The fourth-order valence-electron chi connectivity index (χ4n) is 7.04. The molecule has 3 saturated heterocycles. The van der Waals surface area contributed by atoms with Gasteiger partial charge >= 0.3 is 12.1 Å². The van der Waals surface area contributed by atoms with Crippen molar-refractivity contribution in [3.05, 3.63) is 63.6 Å². The molecule has 4 aliphatic heterocycles. The SMILES string of the molecule is Cc1cc(CC(NC(=O)N2CCC(N3Cc4ccccc4NC3=O)CC2)C(=O)N2CCN(C3CC[N]CC3)CC2)ccc1Br. The first kappa shape index (κ1) is 30.9. The zero-order chi connectivity index (χ0) is 30.6. The maximum atomic E-state index is 13.9. The number of piperidine rings is 2. The monoisotopic (exact) mass is 664 g/mol. The summed E-state index contributed by atoms with van der Waals surface area (Å²) in [7, 11) is 0. The Balaban J connectivity index is 1.08. The van der Waals surface area contributed by atoms with Gasteiger partial charge in [-0.2, -0.15) is 0 Å². The summed E-state index contributed by atoms with van der Waals surface area (Å²) in [5, 5.41) is 10.6. The zero-order valence-electron chi connectivity index (χ0n) is 25.5. The Morgan fingerprint density at radius 1 is 0.955 bits per heavy atom. The normalized spacial score (nSPS) is 21.0. The Bertz CT molecular complexity index is 1350. The average Bonchev–Trinajstić information content (AvgIpc) is 3.06. The number of hydrogen-bond acceptors (Lipinski definition) is 4. The molecule has 3 fully saturated rings. The number of anilines is 1. The Morgan fingerprint density at radius 3 is 2.41 bits per heavy atom. The molecule has 0 spiro atoms. The minimum atomic E-state index is -0.648. The summed E-state index contributed by atoms with van der Waals surface area (Å²) in [6, 6.07) is 13.7. The molecule has 0 bridgehead atoms. The molecule has 44 heavy (non-hydrogen) atoms. The van der Waals surface area contributed by atoms with Gasteiger partial charge in [-0.25, -0.2) is 14.9 Å². The van der Waals surface area contributed by atoms with Crippen molar-refractivity contribution in [2.45, 2.75) is 63.7 Å². The molecule has 1 atom stereocenters. The number of aryl methyl sites for hydroxylation is 1. The molecule has 5 amide bonds. The number of benzene rings is 2. The lowest BCUT2D eigenvalue weighted by molar-refractivity contribution is -0.135. The second-order valence-corrected chi connectivity index (χ2v) is 13.3. The van der Waals surface area contributed by atoms with Gasteiger partial charge in [0.15, 0.2) is 0 Å². The molecule has 2 aromatic rings. The van der Waals surface area contributed by atoms with Gasteiger partial charge in [0.25, 0.3) is 0 Å². The third kappa shape index (κ3) is 7.05. The van der Waals surface area contributed by atoms with E-state index >= 15 is 0 Å². The van der Waals surface area contributed by atoms with Crippen molar-refractivity contribution in [3.8, 4) is 0 Å². The van der Waals surface area contributed by atoms with Crippen LogP contribution in [0.5, 0.6) is 0 Å². The molecule has 4 heterocycles. The molecule has 0 aliphatic carbocycles. The van der Waals surface area contributed by atoms with E-state index < -0.39 is 6.04 Å². The van der Waals surface area contributed by atoms with Crippen LogP contribution in [-0.2, 0) is 17.8 Å². The number of urea groups is 2. The minimum Gasteiger partial charge on any atom is -0.338 e. The zero-order valence-corrected chi connectivity index (χ0v) is 27.1. The Labute approximate surface area is 268 Å². The Kier molecular flexibility index (Phi) is 9.73. The molecule has 10 nitrogen and oxygen atoms in total. The maximum absolute atomic E-state index is 13.9. The van der Waals surface area contributed by atoms with Gasteiger partial charge in [0.05, 0.1) is 0 Å². The molecule has 2 N–H and O–H groups in total. The van der Waals surface area contributed by atoms with E-state index in [-0.39, 0.29) is 24.0 Å². The van der Waals surface area contributed by atoms with Gasteiger partial charge in [-0.3, -0.25) is 9.69 Å². The van der Waals surface area contributed by atoms with E-state index in [1.54, 1.807) is 4.90 Å². The van der Waals surface area contributed by atoms with Crippen LogP contribution in [0, 0.1) is 6.92 Å². The molecule has 2 aromatic carbocycles. The number of amides is 5. The van der Waals surface area contributed by atoms with E-state index in [4.69, 9.17) is 0 Å². The number of para-hydroxylation sites is 1. The lowest BCUT2D eigenvalue weighted by atomic mass is 10.0. The first-order valence-corrected chi connectivity index (χ1v) is 16.8. The van der Waals surface area contributed by atoms with Crippen LogP contribution in [0.25, 0.3) is 0 Å². The van der Waals surface area contributed by atoms with Gasteiger partial charge in [-0.15, -0.1) is 0 Å². The van der Waals surface area contributed by atoms with Crippen molar-refractivity contribution in [1.29, 1.82) is 0 Å². The first-order valence-electron chi connectivity index (χ1n) is 16.0. The lowest BCUT2D eigenvalue weighted by Gasteiger charge is -2.42. The number of nitrogens with one attached hydrogen (secondary N) is 2. The summed E-state index contributed by atoms with van der Waals surface area (Å²) in [6.07, 6.45) is 4.03. The molecular weight excluding hydrogens is 622 g/mol. The first-order chi connectivity index (χ1) is 21.4. The predicted octanol–water partition coefficient (Wildman–Crippen LogP) is 3.80.